The first kappa shape index (κ1) is 12.9. The number of hydrogen-bond donors (Lipinski definition) is 3. The van der Waals surface area contributed by atoms with E-state index in [9.17, 15) is 9.90 Å². The van der Waals surface area contributed by atoms with Crippen LogP contribution in [-0.4, -0.2) is 30.1 Å². The zero-order chi connectivity index (χ0) is 13.0. The molecule has 1 unspecified atom stereocenters. The Labute approximate surface area is 107 Å². The zero-order valence-corrected chi connectivity index (χ0v) is 10.7. The van der Waals surface area contributed by atoms with Gasteiger partial charge in [-0.25, -0.2) is 0 Å². The number of amides is 1. The molecule has 1 fully saturated rings. The number of benzene rings is 1. The Morgan fingerprint density at radius 1 is 1.56 bits per heavy atom. The van der Waals surface area contributed by atoms with E-state index in [0.717, 1.165) is 18.5 Å². The Kier molecular flexibility index (Phi) is 4.20. The van der Waals surface area contributed by atoms with Crippen LogP contribution in [0.5, 0.6) is 5.75 Å². The lowest BCUT2D eigenvalue weighted by atomic mass is 10.1. The topological polar surface area (TPSA) is 61.4 Å². The third-order valence-electron chi connectivity index (χ3n) is 3.42. The molecule has 0 aliphatic carbocycles. The lowest BCUT2D eigenvalue weighted by Crippen LogP contribution is -2.30. The molecule has 18 heavy (non-hydrogen) atoms. The van der Waals surface area contributed by atoms with Crippen molar-refractivity contribution in [1.82, 2.24) is 10.6 Å². The van der Waals surface area contributed by atoms with Crippen molar-refractivity contribution in [3.8, 4) is 5.75 Å². The molecule has 0 spiro atoms. The van der Waals surface area contributed by atoms with Crippen molar-refractivity contribution in [3.05, 3.63) is 29.3 Å². The smallest absolute Gasteiger partial charge is 0.255 e. The normalized spacial score (nSPS) is 18.8. The molecular weight excluding hydrogens is 228 g/mol. The third-order valence-corrected chi connectivity index (χ3v) is 3.42. The van der Waals surface area contributed by atoms with Crippen LogP contribution in [0.25, 0.3) is 0 Å². The fourth-order valence-corrected chi connectivity index (χ4v) is 2.30. The van der Waals surface area contributed by atoms with Gasteiger partial charge in [0.2, 0.25) is 0 Å². The molecule has 0 saturated carbocycles. The number of para-hydroxylation sites is 1. The number of carbonyl (C=O) groups excluding carboxylic acids is 1. The van der Waals surface area contributed by atoms with Gasteiger partial charge < -0.3 is 15.7 Å². The minimum absolute atomic E-state index is 0.0778. The number of aryl methyl sites for hydroxylation is 1. The van der Waals surface area contributed by atoms with Gasteiger partial charge in [-0.2, -0.15) is 0 Å². The van der Waals surface area contributed by atoms with Gasteiger partial charge in [0.1, 0.15) is 5.75 Å². The highest BCUT2D eigenvalue weighted by molar-refractivity contribution is 5.97. The highest BCUT2D eigenvalue weighted by atomic mass is 16.3. The molecule has 4 heteroatoms. The van der Waals surface area contributed by atoms with Crippen molar-refractivity contribution in [2.24, 2.45) is 0 Å². The van der Waals surface area contributed by atoms with E-state index in [2.05, 4.69) is 10.6 Å². The molecule has 1 saturated heterocycles. The van der Waals surface area contributed by atoms with E-state index in [0.29, 0.717) is 18.2 Å². The van der Waals surface area contributed by atoms with Crippen molar-refractivity contribution in [2.45, 2.75) is 32.2 Å². The standard InChI is InChI=1S/C14H20N2O2/c1-10-4-2-6-12(13(10)17)14(18)16-9-7-11-5-3-8-15-11/h2,4,6,11,15,17H,3,5,7-9H2,1H3,(H,16,18). The zero-order valence-electron chi connectivity index (χ0n) is 10.7. The van der Waals surface area contributed by atoms with E-state index in [1.54, 1.807) is 25.1 Å². The number of phenolic OH excluding ortho intramolecular Hbond substituents is 1. The SMILES string of the molecule is Cc1cccc(C(=O)NCCC2CCCN2)c1O. The second kappa shape index (κ2) is 5.87. The molecule has 1 amide bonds. The van der Waals surface area contributed by atoms with Gasteiger partial charge in [-0.15, -0.1) is 0 Å². The summed E-state index contributed by atoms with van der Waals surface area (Å²) in [5, 5.41) is 16.1. The molecule has 1 aliphatic heterocycles. The first-order valence-corrected chi connectivity index (χ1v) is 6.48. The summed E-state index contributed by atoms with van der Waals surface area (Å²) in [7, 11) is 0. The molecule has 2 rings (SSSR count). The summed E-state index contributed by atoms with van der Waals surface area (Å²) in [5.74, 6) is -0.122. The largest absolute Gasteiger partial charge is 0.507 e. The van der Waals surface area contributed by atoms with Gasteiger partial charge in [-0.3, -0.25) is 4.79 Å². The Morgan fingerprint density at radius 3 is 3.11 bits per heavy atom. The molecule has 1 aromatic rings. The van der Waals surface area contributed by atoms with Crippen LogP contribution in [0.2, 0.25) is 0 Å². The van der Waals surface area contributed by atoms with Crippen molar-refractivity contribution in [2.75, 3.05) is 13.1 Å². The van der Waals surface area contributed by atoms with Crippen LogP contribution in [0.1, 0.15) is 35.2 Å². The highest BCUT2D eigenvalue weighted by Crippen LogP contribution is 2.21. The monoisotopic (exact) mass is 248 g/mol. The van der Waals surface area contributed by atoms with Crippen molar-refractivity contribution in [1.29, 1.82) is 0 Å². The van der Waals surface area contributed by atoms with Gasteiger partial charge in [0.05, 0.1) is 5.56 Å². The summed E-state index contributed by atoms with van der Waals surface area (Å²) >= 11 is 0. The molecular formula is C14H20N2O2. The van der Waals surface area contributed by atoms with Gasteiger partial charge in [-0.1, -0.05) is 12.1 Å². The summed E-state index contributed by atoms with van der Waals surface area (Å²) < 4.78 is 0. The number of nitrogens with one attached hydrogen (secondary N) is 2. The maximum Gasteiger partial charge on any atom is 0.255 e. The van der Waals surface area contributed by atoms with Gasteiger partial charge in [0.15, 0.2) is 0 Å². The summed E-state index contributed by atoms with van der Waals surface area (Å²) in [6.07, 6.45) is 3.35. The Morgan fingerprint density at radius 2 is 2.39 bits per heavy atom. The third kappa shape index (κ3) is 3.01. The van der Waals surface area contributed by atoms with Crippen LogP contribution in [0.4, 0.5) is 0 Å². The van der Waals surface area contributed by atoms with Crippen molar-refractivity contribution < 1.29 is 9.90 Å². The van der Waals surface area contributed by atoms with Crippen LogP contribution in [-0.2, 0) is 0 Å². The molecule has 0 aromatic heterocycles. The molecule has 4 nitrogen and oxygen atoms in total. The predicted molar refractivity (Wildman–Crippen MR) is 70.8 cm³/mol. The van der Waals surface area contributed by atoms with Gasteiger partial charge in [0, 0.05) is 12.6 Å². The Bertz CT molecular complexity index is 426. The van der Waals surface area contributed by atoms with Crippen molar-refractivity contribution in [3.63, 3.8) is 0 Å². The number of phenols is 1. The molecule has 1 atom stereocenters. The molecule has 0 bridgehead atoms. The number of rotatable bonds is 4. The van der Waals surface area contributed by atoms with E-state index in [1.165, 1.54) is 12.8 Å². The maximum atomic E-state index is 11.9. The fraction of sp³-hybridized carbons (Fsp3) is 0.500. The van der Waals surface area contributed by atoms with E-state index in [4.69, 9.17) is 0 Å². The summed E-state index contributed by atoms with van der Waals surface area (Å²) in [4.78, 5) is 11.9. The Hall–Kier alpha value is -1.55. The van der Waals surface area contributed by atoms with E-state index in [1.807, 2.05) is 0 Å². The van der Waals surface area contributed by atoms with E-state index < -0.39 is 0 Å². The molecule has 3 N–H and O–H groups in total. The average Bonchev–Trinajstić information content (AvgIpc) is 2.85. The van der Waals surface area contributed by atoms with Crippen molar-refractivity contribution >= 4 is 5.91 Å². The van der Waals surface area contributed by atoms with Gasteiger partial charge in [-0.05, 0) is 44.4 Å². The van der Waals surface area contributed by atoms with Crippen LogP contribution in [0.15, 0.2) is 18.2 Å². The number of aromatic hydroxyl groups is 1. The van der Waals surface area contributed by atoms with Crippen LogP contribution in [0, 0.1) is 6.92 Å². The fourth-order valence-electron chi connectivity index (χ4n) is 2.30. The number of hydrogen-bond acceptors (Lipinski definition) is 3. The summed E-state index contributed by atoms with van der Waals surface area (Å²) in [6.45, 7) is 3.51. The number of carbonyl (C=O) groups is 1. The van der Waals surface area contributed by atoms with E-state index >= 15 is 0 Å². The highest BCUT2D eigenvalue weighted by Gasteiger charge is 2.15. The lowest BCUT2D eigenvalue weighted by molar-refractivity contribution is 0.0949. The quantitative estimate of drug-likeness (QED) is 0.758. The summed E-state index contributed by atoms with van der Waals surface area (Å²) in [5.41, 5.74) is 1.08. The second-order valence-electron chi connectivity index (χ2n) is 4.81. The maximum absolute atomic E-state index is 11.9. The lowest BCUT2D eigenvalue weighted by Gasteiger charge is -2.11. The molecule has 1 heterocycles. The van der Waals surface area contributed by atoms with Crippen LogP contribution < -0.4 is 10.6 Å². The predicted octanol–water partition coefficient (Wildman–Crippen LogP) is 1.57. The van der Waals surface area contributed by atoms with Crippen LogP contribution >= 0.6 is 0 Å². The minimum atomic E-state index is -0.200. The molecule has 0 radical (unpaired) electrons. The first-order chi connectivity index (χ1) is 8.68. The summed E-state index contributed by atoms with van der Waals surface area (Å²) in [6, 6.07) is 5.74. The van der Waals surface area contributed by atoms with E-state index in [-0.39, 0.29) is 11.7 Å². The molecule has 1 aliphatic rings. The first-order valence-electron chi connectivity index (χ1n) is 6.48. The molecule has 98 valence electrons. The average molecular weight is 248 g/mol. The molecule has 1 aromatic carbocycles. The van der Waals surface area contributed by atoms with Crippen LogP contribution in [0.3, 0.4) is 0 Å². The van der Waals surface area contributed by atoms with Gasteiger partial charge in [0.25, 0.3) is 5.91 Å². The van der Waals surface area contributed by atoms with Gasteiger partial charge >= 0.3 is 0 Å². The minimum Gasteiger partial charge on any atom is -0.507 e. The second-order valence-corrected chi connectivity index (χ2v) is 4.81. The Balaban J connectivity index is 1.85.